The number of anilines is 1. The summed E-state index contributed by atoms with van der Waals surface area (Å²) in [7, 11) is 0. The van der Waals surface area contributed by atoms with Gasteiger partial charge in [-0.2, -0.15) is 8.75 Å². The summed E-state index contributed by atoms with van der Waals surface area (Å²) < 4.78 is 8.55. The Morgan fingerprint density at radius 3 is 2.53 bits per heavy atom. The third-order valence-corrected chi connectivity index (χ3v) is 4.92. The molecule has 3 rings (SSSR count). The van der Waals surface area contributed by atoms with E-state index < -0.39 is 0 Å². The quantitative estimate of drug-likeness (QED) is 0.848. The first kappa shape index (κ1) is 13.4. The second kappa shape index (κ2) is 5.43. The summed E-state index contributed by atoms with van der Waals surface area (Å²) in [5, 5.41) is 4.73. The molecule has 1 aliphatic rings. The van der Waals surface area contributed by atoms with Gasteiger partial charge in [-0.05, 0) is 37.7 Å². The Morgan fingerprint density at radius 1 is 1.11 bits per heavy atom. The smallest absolute Gasteiger partial charge is 0.130 e. The van der Waals surface area contributed by atoms with Crippen molar-refractivity contribution in [2.45, 2.75) is 38.6 Å². The Bertz CT molecular complexity index is 591. The maximum absolute atomic E-state index is 6.30. The van der Waals surface area contributed by atoms with Gasteiger partial charge in [0.2, 0.25) is 0 Å². The van der Waals surface area contributed by atoms with Gasteiger partial charge in [0.15, 0.2) is 0 Å². The lowest BCUT2D eigenvalue weighted by atomic mass is 9.87. The minimum absolute atomic E-state index is 0.472. The summed E-state index contributed by atoms with van der Waals surface area (Å²) in [6.45, 7) is 2.31. The van der Waals surface area contributed by atoms with E-state index in [1.54, 1.807) is 6.07 Å². The Kier molecular flexibility index (Phi) is 3.83. The summed E-state index contributed by atoms with van der Waals surface area (Å²) in [4.78, 5) is 0. The van der Waals surface area contributed by atoms with Crippen molar-refractivity contribution in [2.24, 2.45) is 5.92 Å². The van der Waals surface area contributed by atoms with Crippen molar-refractivity contribution in [2.75, 3.05) is 5.32 Å². The Morgan fingerprint density at radius 2 is 1.79 bits per heavy atom. The molecule has 0 spiro atoms. The number of halogens is 2. The number of hydrogen-bond donors (Lipinski definition) is 1. The summed E-state index contributed by atoms with van der Waals surface area (Å²) in [5.74, 6) is 0.833. The third kappa shape index (κ3) is 2.67. The van der Waals surface area contributed by atoms with E-state index in [9.17, 15) is 0 Å². The average molecular weight is 316 g/mol. The van der Waals surface area contributed by atoms with Gasteiger partial charge in [0, 0.05) is 6.04 Å². The summed E-state index contributed by atoms with van der Waals surface area (Å²) >= 11 is 13.6. The highest BCUT2D eigenvalue weighted by atomic mass is 35.5. The van der Waals surface area contributed by atoms with E-state index in [2.05, 4.69) is 21.0 Å². The predicted octanol–water partition coefficient (Wildman–Crippen LogP) is 4.99. The maximum atomic E-state index is 6.30. The normalized spacial score (nSPS) is 23.7. The van der Waals surface area contributed by atoms with Crippen LogP contribution in [0.15, 0.2) is 6.07 Å². The van der Waals surface area contributed by atoms with E-state index in [4.69, 9.17) is 23.2 Å². The molecule has 2 aromatic rings. The maximum Gasteiger partial charge on any atom is 0.130 e. The highest BCUT2D eigenvalue weighted by Gasteiger charge is 2.21. The summed E-state index contributed by atoms with van der Waals surface area (Å²) in [5.41, 5.74) is 2.42. The molecule has 0 aliphatic heterocycles. The van der Waals surface area contributed by atoms with Crippen molar-refractivity contribution >= 4 is 51.7 Å². The van der Waals surface area contributed by atoms with Crippen LogP contribution in [-0.2, 0) is 0 Å². The fourth-order valence-corrected chi connectivity index (χ4v) is 3.79. The molecule has 0 saturated heterocycles. The van der Waals surface area contributed by atoms with Crippen molar-refractivity contribution in [1.29, 1.82) is 0 Å². The van der Waals surface area contributed by atoms with Crippen molar-refractivity contribution in [3.05, 3.63) is 16.1 Å². The molecule has 102 valence electrons. The van der Waals surface area contributed by atoms with Gasteiger partial charge in [0.25, 0.3) is 0 Å². The minimum Gasteiger partial charge on any atom is -0.379 e. The molecule has 1 aliphatic carbocycles. The molecular formula is C13H15Cl2N3S. The van der Waals surface area contributed by atoms with Crippen molar-refractivity contribution in [3.8, 4) is 0 Å². The van der Waals surface area contributed by atoms with Gasteiger partial charge in [0.1, 0.15) is 11.0 Å². The number of nitrogens with one attached hydrogen (secondary N) is 1. The topological polar surface area (TPSA) is 37.8 Å². The fraction of sp³-hybridized carbons (Fsp3) is 0.538. The van der Waals surface area contributed by atoms with Crippen LogP contribution in [0.4, 0.5) is 5.69 Å². The Labute approximate surface area is 126 Å². The molecule has 1 heterocycles. The van der Waals surface area contributed by atoms with E-state index in [0.29, 0.717) is 16.1 Å². The molecule has 6 heteroatoms. The molecular weight excluding hydrogens is 301 g/mol. The van der Waals surface area contributed by atoms with Gasteiger partial charge in [-0.15, -0.1) is 0 Å². The van der Waals surface area contributed by atoms with Crippen LogP contribution in [0.5, 0.6) is 0 Å². The summed E-state index contributed by atoms with van der Waals surface area (Å²) in [6.07, 6.45) is 4.89. The molecule has 3 nitrogen and oxygen atoms in total. The first-order chi connectivity index (χ1) is 9.15. The lowest BCUT2D eigenvalue weighted by Crippen LogP contribution is -2.25. The standard InChI is InChI=1S/C13H15Cl2N3S/c1-7-2-4-8(5-3-7)16-11-9(14)6-10(15)12-13(11)18-19-17-12/h6-8,16H,2-5H2,1H3. The zero-order chi connectivity index (χ0) is 13.4. The first-order valence-electron chi connectivity index (χ1n) is 6.52. The molecule has 1 N–H and O–H groups in total. The SMILES string of the molecule is CC1CCC(Nc2c(Cl)cc(Cl)c3nsnc23)CC1. The largest absolute Gasteiger partial charge is 0.379 e. The lowest BCUT2D eigenvalue weighted by Gasteiger charge is -2.28. The van der Waals surface area contributed by atoms with Gasteiger partial charge >= 0.3 is 0 Å². The van der Waals surface area contributed by atoms with Crippen molar-refractivity contribution in [1.82, 2.24) is 8.75 Å². The molecule has 0 bridgehead atoms. The number of hydrogen-bond acceptors (Lipinski definition) is 4. The highest BCUT2D eigenvalue weighted by Crippen LogP contribution is 2.37. The van der Waals surface area contributed by atoms with E-state index in [0.717, 1.165) is 22.6 Å². The summed E-state index contributed by atoms with van der Waals surface area (Å²) in [6, 6.07) is 2.22. The van der Waals surface area contributed by atoms with E-state index in [1.807, 2.05) is 0 Å². The number of benzene rings is 1. The van der Waals surface area contributed by atoms with Crippen LogP contribution in [-0.4, -0.2) is 14.8 Å². The number of nitrogens with zero attached hydrogens (tertiary/aromatic N) is 2. The van der Waals surface area contributed by atoms with Crippen LogP contribution in [0.3, 0.4) is 0 Å². The van der Waals surface area contributed by atoms with E-state index in [-0.39, 0.29) is 0 Å². The Hall–Kier alpha value is -0.580. The van der Waals surface area contributed by atoms with Gasteiger partial charge in [-0.3, -0.25) is 0 Å². The van der Waals surface area contributed by atoms with E-state index >= 15 is 0 Å². The third-order valence-electron chi connectivity index (χ3n) is 3.81. The van der Waals surface area contributed by atoms with Crippen molar-refractivity contribution < 1.29 is 0 Å². The molecule has 0 radical (unpaired) electrons. The van der Waals surface area contributed by atoms with Gasteiger partial charge < -0.3 is 5.32 Å². The highest BCUT2D eigenvalue weighted by molar-refractivity contribution is 7.00. The molecule has 0 amide bonds. The first-order valence-corrected chi connectivity index (χ1v) is 8.00. The monoisotopic (exact) mass is 315 g/mol. The lowest BCUT2D eigenvalue weighted by molar-refractivity contribution is 0.361. The fourth-order valence-electron chi connectivity index (χ4n) is 2.62. The van der Waals surface area contributed by atoms with E-state index in [1.165, 1.54) is 37.4 Å². The van der Waals surface area contributed by atoms with Crippen LogP contribution < -0.4 is 5.32 Å². The van der Waals surface area contributed by atoms with Crippen LogP contribution in [0.2, 0.25) is 10.0 Å². The molecule has 19 heavy (non-hydrogen) atoms. The van der Waals surface area contributed by atoms with Crippen LogP contribution in [0.1, 0.15) is 32.6 Å². The van der Waals surface area contributed by atoms with Gasteiger partial charge in [0.05, 0.1) is 27.5 Å². The number of fused-ring (bicyclic) bond motifs is 1. The molecule has 1 aromatic carbocycles. The second-order valence-electron chi connectivity index (χ2n) is 5.28. The minimum atomic E-state index is 0.472. The average Bonchev–Trinajstić information content (AvgIpc) is 2.86. The van der Waals surface area contributed by atoms with Crippen LogP contribution >= 0.6 is 34.9 Å². The number of rotatable bonds is 2. The molecule has 1 saturated carbocycles. The van der Waals surface area contributed by atoms with Gasteiger partial charge in [-0.25, -0.2) is 0 Å². The molecule has 0 unspecified atom stereocenters. The molecule has 1 aromatic heterocycles. The second-order valence-corrected chi connectivity index (χ2v) is 6.62. The number of aromatic nitrogens is 2. The molecule has 0 atom stereocenters. The zero-order valence-electron chi connectivity index (χ0n) is 10.6. The molecule has 1 fully saturated rings. The predicted molar refractivity (Wildman–Crippen MR) is 82.5 cm³/mol. The van der Waals surface area contributed by atoms with Crippen LogP contribution in [0, 0.1) is 5.92 Å². The zero-order valence-corrected chi connectivity index (χ0v) is 12.9. The van der Waals surface area contributed by atoms with Crippen LogP contribution in [0.25, 0.3) is 11.0 Å². The van der Waals surface area contributed by atoms with Gasteiger partial charge in [-0.1, -0.05) is 30.1 Å². The van der Waals surface area contributed by atoms with Crippen molar-refractivity contribution in [3.63, 3.8) is 0 Å². The Balaban J connectivity index is 1.90.